The molecule has 0 saturated carbocycles. The highest BCUT2D eigenvalue weighted by Gasteiger charge is 2.22. The van der Waals surface area contributed by atoms with Crippen molar-refractivity contribution in [3.05, 3.63) is 29.3 Å². The summed E-state index contributed by atoms with van der Waals surface area (Å²) >= 11 is 0. The molecule has 110 valence electrons. The Hall–Kier alpha value is -1.59. The molecular weight excluding hydrogens is 278 g/mol. The summed E-state index contributed by atoms with van der Waals surface area (Å²) in [4.78, 5) is 25.1. The van der Waals surface area contributed by atoms with Crippen LogP contribution in [0.1, 0.15) is 22.8 Å². The average Bonchev–Trinajstić information content (AvgIpc) is 2.81. The summed E-state index contributed by atoms with van der Waals surface area (Å²) < 4.78 is 0. The highest BCUT2D eigenvalue weighted by atomic mass is 35.5. The molecule has 0 unspecified atom stereocenters. The van der Waals surface area contributed by atoms with Crippen molar-refractivity contribution in [1.29, 1.82) is 0 Å². The Labute approximate surface area is 125 Å². The summed E-state index contributed by atoms with van der Waals surface area (Å²) in [6.45, 7) is 3.61. The van der Waals surface area contributed by atoms with Crippen LogP contribution in [0, 0.1) is 0 Å². The predicted molar refractivity (Wildman–Crippen MR) is 81.7 cm³/mol. The van der Waals surface area contributed by atoms with Crippen LogP contribution in [0.5, 0.6) is 0 Å². The lowest BCUT2D eigenvalue weighted by atomic mass is 10.1. The molecule has 0 fully saturated rings. The van der Waals surface area contributed by atoms with Gasteiger partial charge in [-0.15, -0.1) is 12.4 Å². The fraction of sp³-hybridized carbons (Fsp3) is 0.429. The Kier molecular flexibility index (Phi) is 5.98. The second-order valence-electron chi connectivity index (χ2n) is 4.62. The molecule has 1 heterocycles. The van der Waals surface area contributed by atoms with Crippen molar-refractivity contribution in [2.24, 2.45) is 0 Å². The molecule has 0 saturated heterocycles. The van der Waals surface area contributed by atoms with Crippen LogP contribution in [0.4, 0.5) is 5.69 Å². The number of likely N-dealkylation sites (N-methyl/N-ethyl adjacent to an activating group) is 1. The fourth-order valence-electron chi connectivity index (χ4n) is 2.27. The van der Waals surface area contributed by atoms with E-state index >= 15 is 0 Å². The van der Waals surface area contributed by atoms with E-state index in [1.54, 1.807) is 17.9 Å². The van der Waals surface area contributed by atoms with E-state index in [1.165, 1.54) is 0 Å². The summed E-state index contributed by atoms with van der Waals surface area (Å²) in [7, 11) is 1.85. The largest absolute Gasteiger partial charge is 0.351 e. The Bertz CT molecular complexity index is 505. The highest BCUT2D eigenvalue weighted by Crippen LogP contribution is 2.28. The first-order valence-corrected chi connectivity index (χ1v) is 6.47. The van der Waals surface area contributed by atoms with Gasteiger partial charge in [-0.05, 0) is 37.2 Å². The van der Waals surface area contributed by atoms with Crippen molar-refractivity contribution in [3.8, 4) is 0 Å². The van der Waals surface area contributed by atoms with Gasteiger partial charge in [0.15, 0.2) is 0 Å². The number of rotatable bonds is 4. The summed E-state index contributed by atoms with van der Waals surface area (Å²) in [5, 5.41) is 5.82. The van der Waals surface area contributed by atoms with Gasteiger partial charge in [-0.1, -0.05) is 0 Å². The Balaban J connectivity index is 0.00000200. The number of amides is 2. The molecule has 20 heavy (non-hydrogen) atoms. The molecule has 0 radical (unpaired) electrons. The highest BCUT2D eigenvalue weighted by molar-refractivity contribution is 5.97. The molecular formula is C14H20ClN3O2. The standard InChI is InChI=1S/C14H19N3O2.ClH/c1-10(18)17-8-5-11-9-12(3-4-13(11)17)14(19)16-7-6-15-2;/h3-4,9,15H,5-8H2,1-2H3,(H,16,19);1H. The molecule has 0 aromatic heterocycles. The lowest BCUT2D eigenvalue weighted by molar-refractivity contribution is -0.116. The molecule has 5 nitrogen and oxygen atoms in total. The number of halogens is 1. The van der Waals surface area contributed by atoms with Crippen LogP contribution in [0.3, 0.4) is 0 Å². The summed E-state index contributed by atoms with van der Waals surface area (Å²) in [5.41, 5.74) is 2.65. The molecule has 2 N–H and O–H groups in total. The molecule has 2 rings (SSSR count). The van der Waals surface area contributed by atoms with Gasteiger partial charge in [0.25, 0.3) is 5.91 Å². The van der Waals surface area contributed by atoms with E-state index in [4.69, 9.17) is 0 Å². The van der Waals surface area contributed by atoms with E-state index in [-0.39, 0.29) is 24.2 Å². The van der Waals surface area contributed by atoms with Gasteiger partial charge in [0.05, 0.1) is 0 Å². The number of nitrogens with zero attached hydrogens (tertiary/aromatic N) is 1. The predicted octanol–water partition coefficient (Wildman–Crippen LogP) is 0.967. The number of hydrogen-bond acceptors (Lipinski definition) is 3. The van der Waals surface area contributed by atoms with E-state index in [1.807, 2.05) is 19.2 Å². The molecule has 2 amide bonds. The normalized spacial score (nSPS) is 12.6. The number of carbonyl (C=O) groups excluding carboxylic acids is 2. The van der Waals surface area contributed by atoms with Crippen LogP contribution >= 0.6 is 12.4 Å². The van der Waals surface area contributed by atoms with Gasteiger partial charge < -0.3 is 15.5 Å². The van der Waals surface area contributed by atoms with Gasteiger partial charge in [0.1, 0.15) is 0 Å². The van der Waals surface area contributed by atoms with Crippen molar-refractivity contribution in [3.63, 3.8) is 0 Å². The van der Waals surface area contributed by atoms with Crippen LogP contribution in [-0.2, 0) is 11.2 Å². The minimum Gasteiger partial charge on any atom is -0.351 e. The molecule has 0 aliphatic carbocycles. The van der Waals surface area contributed by atoms with Crippen molar-refractivity contribution in [2.45, 2.75) is 13.3 Å². The molecule has 1 aromatic rings. The monoisotopic (exact) mass is 297 g/mol. The van der Waals surface area contributed by atoms with Crippen molar-refractivity contribution >= 4 is 29.9 Å². The van der Waals surface area contributed by atoms with E-state index in [2.05, 4.69) is 10.6 Å². The number of hydrogen-bond donors (Lipinski definition) is 2. The molecule has 1 aromatic carbocycles. The fourth-order valence-corrected chi connectivity index (χ4v) is 2.27. The molecule has 0 spiro atoms. The molecule has 0 bridgehead atoms. The lowest BCUT2D eigenvalue weighted by Crippen LogP contribution is -2.30. The zero-order valence-electron chi connectivity index (χ0n) is 11.7. The van der Waals surface area contributed by atoms with Crippen molar-refractivity contribution < 1.29 is 9.59 Å². The minimum absolute atomic E-state index is 0. The first kappa shape index (κ1) is 16.5. The van der Waals surface area contributed by atoms with Gasteiger partial charge in [-0.2, -0.15) is 0 Å². The van der Waals surface area contributed by atoms with Crippen LogP contribution in [0.2, 0.25) is 0 Å². The maximum absolute atomic E-state index is 11.9. The molecule has 6 heteroatoms. The quantitative estimate of drug-likeness (QED) is 0.814. The second-order valence-corrected chi connectivity index (χ2v) is 4.62. The Morgan fingerprint density at radius 1 is 1.30 bits per heavy atom. The van der Waals surface area contributed by atoms with E-state index in [0.717, 1.165) is 24.2 Å². The van der Waals surface area contributed by atoms with Gasteiger partial charge in [-0.25, -0.2) is 0 Å². The van der Waals surface area contributed by atoms with E-state index in [9.17, 15) is 9.59 Å². The molecule has 1 aliphatic heterocycles. The maximum atomic E-state index is 11.9. The SMILES string of the molecule is CNCCNC(=O)c1ccc2c(c1)CCN2C(C)=O.Cl. The van der Waals surface area contributed by atoms with E-state index in [0.29, 0.717) is 18.7 Å². The van der Waals surface area contributed by atoms with Gasteiger partial charge in [-0.3, -0.25) is 9.59 Å². The second kappa shape index (κ2) is 7.26. The third-order valence-electron chi connectivity index (χ3n) is 3.28. The summed E-state index contributed by atoms with van der Waals surface area (Å²) in [6.07, 6.45) is 0.812. The van der Waals surface area contributed by atoms with Crippen LogP contribution in [0.15, 0.2) is 18.2 Å². The summed E-state index contributed by atoms with van der Waals surface area (Å²) in [5.74, 6) is -0.0238. The number of benzene rings is 1. The molecule has 0 atom stereocenters. The smallest absolute Gasteiger partial charge is 0.251 e. The first-order valence-electron chi connectivity index (χ1n) is 6.47. The third-order valence-corrected chi connectivity index (χ3v) is 3.28. The number of carbonyl (C=O) groups is 2. The minimum atomic E-state index is -0.0701. The molecule has 1 aliphatic rings. The topological polar surface area (TPSA) is 61.4 Å². The van der Waals surface area contributed by atoms with Crippen molar-refractivity contribution in [1.82, 2.24) is 10.6 Å². The first-order chi connectivity index (χ1) is 9.13. The summed E-state index contributed by atoms with van der Waals surface area (Å²) in [6, 6.07) is 5.51. The zero-order chi connectivity index (χ0) is 13.8. The van der Waals surface area contributed by atoms with Gasteiger partial charge in [0.2, 0.25) is 5.91 Å². The van der Waals surface area contributed by atoms with Crippen LogP contribution in [-0.4, -0.2) is 38.5 Å². The Morgan fingerprint density at radius 2 is 2.05 bits per heavy atom. The van der Waals surface area contributed by atoms with Crippen LogP contribution < -0.4 is 15.5 Å². The maximum Gasteiger partial charge on any atom is 0.251 e. The van der Waals surface area contributed by atoms with Crippen molar-refractivity contribution in [2.75, 3.05) is 31.6 Å². The van der Waals surface area contributed by atoms with Gasteiger partial charge >= 0.3 is 0 Å². The van der Waals surface area contributed by atoms with E-state index < -0.39 is 0 Å². The van der Waals surface area contributed by atoms with Crippen LogP contribution in [0.25, 0.3) is 0 Å². The average molecular weight is 298 g/mol. The number of anilines is 1. The number of nitrogens with one attached hydrogen (secondary N) is 2. The number of fused-ring (bicyclic) bond motifs is 1. The zero-order valence-corrected chi connectivity index (χ0v) is 12.5. The lowest BCUT2D eigenvalue weighted by Gasteiger charge is -2.14. The van der Waals surface area contributed by atoms with Gasteiger partial charge in [0, 0.05) is 37.8 Å². The Morgan fingerprint density at radius 3 is 2.70 bits per heavy atom. The third kappa shape index (κ3) is 3.49.